The Morgan fingerprint density at radius 2 is 1.96 bits per heavy atom. The van der Waals surface area contributed by atoms with Crippen molar-refractivity contribution in [3.63, 3.8) is 0 Å². The van der Waals surface area contributed by atoms with Crippen molar-refractivity contribution in [2.24, 2.45) is 0 Å². The lowest BCUT2D eigenvalue weighted by Gasteiger charge is -2.13. The number of nitrogens with one attached hydrogen (secondary N) is 1. The standard InChI is InChI=1S/C18H12ClN3O2/c19-14-3-1-2-4-15(14)22-16-8-12(10-5-6-10)11(9-20)7-13(16)17(23)21-18(22)24/h1-4,7-8,10H,5-6H2,(H,21,23,24). The molecule has 1 heterocycles. The Morgan fingerprint density at radius 1 is 1.21 bits per heavy atom. The molecule has 1 fully saturated rings. The molecule has 0 bridgehead atoms. The lowest BCUT2D eigenvalue weighted by molar-refractivity contribution is 0.939. The number of hydrogen-bond donors (Lipinski definition) is 1. The molecule has 2 aromatic carbocycles. The van der Waals surface area contributed by atoms with Crippen LogP contribution in [-0.4, -0.2) is 9.55 Å². The molecule has 0 spiro atoms. The second kappa shape index (κ2) is 5.36. The monoisotopic (exact) mass is 337 g/mol. The summed E-state index contributed by atoms with van der Waals surface area (Å²) in [6, 6.07) is 12.5. The SMILES string of the molecule is N#Cc1cc2c(=O)[nH]c(=O)n(-c3ccccc3Cl)c2cc1C1CC1. The van der Waals surface area contributed by atoms with E-state index >= 15 is 0 Å². The van der Waals surface area contributed by atoms with Gasteiger partial charge in [-0.3, -0.25) is 14.3 Å². The third-order valence-electron chi connectivity index (χ3n) is 4.31. The molecule has 0 radical (unpaired) electrons. The van der Waals surface area contributed by atoms with E-state index in [4.69, 9.17) is 11.6 Å². The second-order valence-corrected chi connectivity index (χ2v) is 6.30. The summed E-state index contributed by atoms with van der Waals surface area (Å²) >= 11 is 6.24. The van der Waals surface area contributed by atoms with E-state index in [-0.39, 0.29) is 0 Å². The minimum absolute atomic E-state index is 0.301. The van der Waals surface area contributed by atoms with E-state index in [0.29, 0.717) is 33.1 Å². The van der Waals surface area contributed by atoms with Gasteiger partial charge in [0.25, 0.3) is 5.56 Å². The average Bonchev–Trinajstić information content (AvgIpc) is 3.40. The molecule has 6 heteroatoms. The highest BCUT2D eigenvalue weighted by Crippen LogP contribution is 2.42. The first-order valence-corrected chi connectivity index (χ1v) is 7.96. The van der Waals surface area contributed by atoms with Gasteiger partial charge in [0, 0.05) is 0 Å². The smallest absolute Gasteiger partial charge is 0.273 e. The number of nitriles is 1. The highest BCUT2D eigenvalue weighted by atomic mass is 35.5. The molecule has 1 aromatic heterocycles. The second-order valence-electron chi connectivity index (χ2n) is 5.89. The van der Waals surface area contributed by atoms with Crippen LogP contribution in [0.4, 0.5) is 0 Å². The predicted octanol–water partition coefficient (Wildman–Crippen LogP) is 3.08. The van der Waals surface area contributed by atoms with Gasteiger partial charge in [0.1, 0.15) is 0 Å². The third-order valence-corrected chi connectivity index (χ3v) is 4.63. The maximum Gasteiger partial charge on any atom is 0.333 e. The quantitative estimate of drug-likeness (QED) is 0.780. The normalized spacial score (nSPS) is 13.8. The van der Waals surface area contributed by atoms with E-state index in [1.807, 2.05) is 0 Å². The predicted molar refractivity (Wildman–Crippen MR) is 91.9 cm³/mol. The van der Waals surface area contributed by atoms with E-state index in [0.717, 1.165) is 18.4 Å². The van der Waals surface area contributed by atoms with Crippen LogP contribution in [0.2, 0.25) is 5.02 Å². The lowest BCUT2D eigenvalue weighted by Crippen LogP contribution is -2.29. The number of halogens is 1. The Morgan fingerprint density at radius 3 is 2.62 bits per heavy atom. The first-order chi connectivity index (χ1) is 11.6. The zero-order valence-electron chi connectivity index (χ0n) is 12.5. The maximum absolute atomic E-state index is 12.4. The zero-order valence-corrected chi connectivity index (χ0v) is 13.3. The van der Waals surface area contributed by atoms with Crippen LogP contribution in [0.15, 0.2) is 46.0 Å². The molecule has 1 saturated carbocycles. The maximum atomic E-state index is 12.4. The number of benzene rings is 2. The van der Waals surface area contributed by atoms with Crippen molar-refractivity contribution in [2.45, 2.75) is 18.8 Å². The van der Waals surface area contributed by atoms with Crippen LogP contribution in [0.25, 0.3) is 16.6 Å². The van der Waals surface area contributed by atoms with Crippen molar-refractivity contribution in [1.29, 1.82) is 5.26 Å². The molecule has 24 heavy (non-hydrogen) atoms. The highest BCUT2D eigenvalue weighted by molar-refractivity contribution is 6.32. The summed E-state index contributed by atoms with van der Waals surface area (Å²) in [4.78, 5) is 27.0. The van der Waals surface area contributed by atoms with Gasteiger partial charge in [-0.05, 0) is 48.6 Å². The Kier molecular flexibility index (Phi) is 3.29. The minimum atomic E-state index is -0.549. The van der Waals surface area contributed by atoms with Crippen LogP contribution in [0.5, 0.6) is 0 Å². The molecule has 0 atom stereocenters. The molecule has 0 saturated heterocycles. The fourth-order valence-corrected chi connectivity index (χ4v) is 3.22. The van der Waals surface area contributed by atoms with Gasteiger partial charge in [-0.2, -0.15) is 5.26 Å². The van der Waals surface area contributed by atoms with E-state index in [9.17, 15) is 14.9 Å². The Labute approximate surface area is 141 Å². The van der Waals surface area contributed by atoms with E-state index in [1.54, 1.807) is 36.4 Å². The minimum Gasteiger partial charge on any atom is -0.273 e. The summed E-state index contributed by atoms with van der Waals surface area (Å²) in [6.45, 7) is 0. The molecular formula is C18H12ClN3O2. The molecular weight excluding hydrogens is 326 g/mol. The molecule has 1 aliphatic carbocycles. The Hall–Kier alpha value is -2.84. The third kappa shape index (κ3) is 2.24. The van der Waals surface area contributed by atoms with Crippen molar-refractivity contribution in [2.75, 3.05) is 0 Å². The summed E-state index contributed by atoms with van der Waals surface area (Å²) < 4.78 is 1.39. The molecule has 1 aliphatic rings. The van der Waals surface area contributed by atoms with Crippen LogP contribution in [-0.2, 0) is 0 Å². The van der Waals surface area contributed by atoms with Crippen molar-refractivity contribution < 1.29 is 0 Å². The van der Waals surface area contributed by atoms with E-state index in [2.05, 4.69) is 11.1 Å². The van der Waals surface area contributed by atoms with Gasteiger partial charge < -0.3 is 0 Å². The van der Waals surface area contributed by atoms with E-state index in [1.165, 1.54) is 4.57 Å². The van der Waals surface area contributed by atoms with Crippen LogP contribution in [0.3, 0.4) is 0 Å². The first kappa shape index (κ1) is 14.7. The van der Waals surface area contributed by atoms with Crippen molar-refractivity contribution >= 4 is 22.5 Å². The van der Waals surface area contributed by atoms with Crippen molar-refractivity contribution in [3.8, 4) is 11.8 Å². The summed E-state index contributed by atoms with van der Waals surface area (Å²) in [5, 5.41) is 10.1. The van der Waals surface area contributed by atoms with Gasteiger partial charge in [-0.25, -0.2) is 4.79 Å². The largest absolute Gasteiger partial charge is 0.333 e. The zero-order chi connectivity index (χ0) is 16.8. The van der Waals surface area contributed by atoms with Crippen molar-refractivity contribution in [3.05, 3.63) is 73.4 Å². The number of aromatic nitrogens is 2. The summed E-state index contributed by atoms with van der Waals surface area (Å²) in [5.41, 5.74) is 1.29. The van der Waals surface area contributed by atoms with Gasteiger partial charge >= 0.3 is 5.69 Å². The summed E-state index contributed by atoms with van der Waals surface area (Å²) in [5.74, 6) is 0.318. The van der Waals surface area contributed by atoms with Gasteiger partial charge in [0.05, 0.1) is 33.2 Å². The topological polar surface area (TPSA) is 78.7 Å². The summed E-state index contributed by atoms with van der Waals surface area (Å²) in [6.07, 6.45) is 2.03. The molecule has 5 nitrogen and oxygen atoms in total. The number of nitrogens with zero attached hydrogens (tertiary/aromatic N) is 2. The molecule has 4 rings (SSSR count). The summed E-state index contributed by atoms with van der Waals surface area (Å²) in [7, 11) is 0. The fourth-order valence-electron chi connectivity index (χ4n) is 3.00. The Bertz CT molecular complexity index is 1130. The molecule has 0 unspecified atom stereocenters. The molecule has 1 N–H and O–H groups in total. The molecule has 118 valence electrons. The van der Waals surface area contributed by atoms with Crippen molar-refractivity contribution in [1.82, 2.24) is 9.55 Å². The molecule has 0 aliphatic heterocycles. The molecule has 0 amide bonds. The van der Waals surface area contributed by atoms with Crippen LogP contribution >= 0.6 is 11.6 Å². The molecule has 3 aromatic rings. The number of aromatic amines is 1. The Balaban J connectivity index is 2.16. The van der Waals surface area contributed by atoms with Crippen LogP contribution in [0, 0.1) is 11.3 Å². The van der Waals surface area contributed by atoms with E-state index < -0.39 is 11.2 Å². The van der Waals surface area contributed by atoms with Crippen LogP contribution < -0.4 is 11.2 Å². The highest BCUT2D eigenvalue weighted by Gasteiger charge is 2.27. The number of rotatable bonds is 2. The number of hydrogen-bond acceptors (Lipinski definition) is 3. The average molecular weight is 338 g/mol. The number of H-pyrrole nitrogens is 1. The first-order valence-electron chi connectivity index (χ1n) is 7.58. The number of para-hydroxylation sites is 1. The van der Waals surface area contributed by atoms with Crippen LogP contribution in [0.1, 0.15) is 29.9 Å². The van der Waals surface area contributed by atoms with Gasteiger partial charge in [0.2, 0.25) is 0 Å². The lowest BCUT2D eigenvalue weighted by atomic mass is 10.0. The number of fused-ring (bicyclic) bond motifs is 1. The van der Waals surface area contributed by atoms with Gasteiger partial charge in [-0.15, -0.1) is 0 Å². The fraction of sp³-hybridized carbons (Fsp3) is 0.167. The van der Waals surface area contributed by atoms with Gasteiger partial charge in [0.15, 0.2) is 0 Å². The van der Waals surface area contributed by atoms with Gasteiger partial charge in [-0.1, -0.05) is 23.7 Å².